The van der Waals surface area contributed by atoms with Crippen molar-refractivity contribution >= 4 is 27.7 Å². The molecule has 0 aliphatic carbocycles. The molecule has 0 fully saturated rings. The maximum absolute atomic E-state index is 13.7. The first-order chi connectivity index (χ1) is 8.99. The number of hydrogen-bond donors (Lipinski definition) is 1. The molecular formula is C12H8BrF2N3O. The van der Waals surface area contributed by atoms with Gasteiger partial charge in [0.1, 0.15) is 21.8 Å². The fraction of sp³-hybridized carbons (Fsp3) is 0.0833. The van der Waals surface area contributed by atoms with E-state index < -0.39 is 23.1 Å². The lowest BCUT2D eigenvalue weighted by Gasteiger charge is -2.07. The number of rotatable bonds is 2. The number of benzene rings is 1. The quantitative estimate of drug-likeness (QED) is 0.922. The fourth-order valence-electron chi connectivity index (χ4n) is 1.42. The van der Waals surface area contributed by atoms with Gasteiger partial charge in [0.15, 0.2) is 5.82 Å². The van der Waals surface area contributed by atoms with Crippen LogP contribution in [0.1, 0.15) is 15.9 Å². The summed E-state index contributed by atoms with van der Waals surface area (Å²) in [7, 11) is 0. The van der Waals surface area contributed by atoms with E-state index in [1.165, 1.54) is 25.4 Å². The molecule has 1 amide bonds. The molecule has 2 rings (SSSR count). The minimum Gasteiger partial charge on any atom is -0.305 e. The first kappa shape index (κ1) is 13.5. The third kappa shape index (κ3) is 2.93. The standard InChI is InChI=1S/C12H8BrF2N3O/c1-6-2-3-7(14)10(11(6)15)12(19)18-9-5-16-8(13)4-17-9/h2-5H,1H3,(H,17,18,19). The number of anilines is 1. The highest BCUT2D eigenvalue weighted by Crippen LogP contribution is 2.17. The van der Waals surface area contributed by atoms with Crippen molar-refractivity contribution in [2.75, 3.05) is 5.32 Å². The predicted molar refractivity (Wildman–Crippen MR) is 68.8 cm³/mol. The van der Waals surface area contributed by atoms with Gasteiger partial charge in [0.25, 0.3) is 5.91 Å². The molecule has 0 spiro atoms. The Morgan fingerprint density at radius 3 is 2.63 bits per heavy atom. The highest BCUT2D eigenvalue weighted by molar-refractivity contribution is 9.10. The zero-order valence-corrected chi connectivity index (χ0v) is 11.3. The molecule has 0 saturated heterocycles. The van der Waals surface area contributed by atoms with E-state index >= 15 is 0 Å². The number of hydrogen-bond acceptors (Lipinski definition) is 3. The van der Waals surface area contributed by atoms with Crippen LogP contribution in [0.5, 0.6) is 0 Å². The van der Waals surface area contributed by atoms with Crippen molar-refractivity contribution in [1.29, 1.82) is 0 Å². The van der Waals surface area contributed by atoms with Crippen molar-refractivity contribution in [3.63, 3.8) is 0 Å². The molecule has 1 aromatic heterocycles. The molecule has 1 N–H and O–H groups in total. The summed E-state index contributed by atoms with van der Waals surface area (Å²) >= 11 is 3.08. The second kappa shape index (κ2) is 5.40. The van der Waals surface area contributed by atoms with Crippen LogP contribution in [0.25, 0.3) is 0 Å². The van der Waals surface area contributed by atoms with Crippen LogP contribution in [0.2, 0.25) is 0 Å². The third-order valence-electron chi connectivity index (χ3n) is 2.37. The van der Waals surface area contributed by atoms with Crippen molar-refractivity contribution in [2.45, 2.75) is 6.92 Å². The van der Waals surface area contributed by atoms with Crippen molar-refractivity contribution in [3.05, 3.63) is 51.9 Å². The largest absolute Gasteiger partial charge is 0.305 e. The van der Waals surface area contributed by atoms with Gasteiger partial charge in [0, 0.05) is 0 Å². The van der Waals surface area contributed by atoms with Gasteiger partial charge in [-0.15, -0.1) is 0 Å². The van der Waals surface area contributed by atoms with Crippen LogP contribution >= 0.6 is 15.9 Å². The van der Waals surface area contributed by atoms with E-state index in [4.69, 9.17) is 0 Å². The number of aryl methyl sites for hydroxylation is 1. The van der Waals surface area contributed by atoms with Crippen LogP contribution in [0, 0.1) is 18.6 Å². The summed E-state index contributed by atoms with van der Waals surface area (Å²) in [6.07, 6.45) is 2.63. The van der Waals surface area contributed by atoms with E-state index in [2.05, 4.69) is 31.2 Å². The molecule has 0 unspecified atom stereocenters. The molecule has 0 radical (unpaired) electrons. The first-order valence-electron chi connectivity index (χ1n) is 5.22. The van der Waals surface area contributed by atoms with Gasteiger partial charge >= 0.3 is 0 Å². The Morgan fingerprint density at radius 2 is 2.00 bits per heavy atom. The van der Waals surface area contributed by atoms with E-state index in [9.17, 15) is 13.6 Å². The second-order valence-electron chi connectivity index (χ2n) is 3.73. The van der Waals surface area contributed by atoms with Gasteiger partial charge in [0.2, 0.25) is 0 Å². The first-order valence-corrected chi connectivity index (χ1v) is 6.02. The number of amides is 1. The van der Waals surface area contributed by atoms with Gasteiger partial charge in [-0.3, -0.25) is 4.79 Å². The lowest BCUT2D eigenvalue weighted by Crippen LogP contribution is -2.17. The van der Waals surface area contributed by atoms with Gasteiger partial charge in [-0.2, -0.15) is 0 Å². The molecule has 19 heavy (non-hydrogen) atoms. The lowest BCUT2D eigenvalue weighted by atomic mass is 10.1. The summed E-state index contributed by atoms with van der Waals surface area (Å²) in [5.41, 5.74) is -0.446. The molecule has 0 bridgehead atoms. The molecule has 1 aromatic carbocycles. The lowest BCUT2D eigenvalue weighted by molar-refractivity contribution is 0.101. The Bertz CT molecular complexity index is 632. The summed E-state index contributed by atoms with van der Waals surface area (Å²) in [5.74, 6) is -2.61. The minimum atomic E-state index is -0.925. The highest BCUT2D eigenvalue weighted by Gasteiger charge is 2.19. The normalized spacial score (nSPS) is 10.3. The molecular weight excluding hydrogens is 320 g/mol. The maximum Gasteiger partial charge on any atom is 0.262 e. The monoisotopic (exact) mass is 327 g/mol. The number of aromatic nitrogens is 2. The smallest absolute Gasteiger partial charge is 0.262 e. The SMILES string of the molecule is Cc1ccc(F)c(C(=O)Nc2cnc(Br)cn2)c1F. The van der Waals surface area contributed by atoms with Crippen LogP contribution in [0.3, 0.4) is 0 Å². The van der Waals surface area contributed by atoms with E-state index in [-0.39, 0.29) is 11.4 Å². The number of halogens is 3. The average molecular weight is 328 g/mol. The van der Waals surface area contributed by atoms with Crippen molar-refractivity contribution in [1.82, 2.24) is 9.97 Å². The van der Waals surface area contributed by atoms with Crippen LogP contribution in [0.4, 0.5) is 14.6 Å². The summed E-state index contributed by atoms with van der Waals surface area (Å²) in [6, 6.07) is 2.31. The van der Waals surface area contributed by atoms with E-state index in [0.717, 1.165) is 6.07 Å². The van der Waals surface area contributed by atoms with Crippen LogP contribution in [0.15, 0.2) is 29.1 Å². The third-order valence-corrected chi connectivity index (χ3v) is 2.78. The molecule has 0 aliphatic rings. The summed E-state index contributed by atoms with van der Waals surface area (Å²) in [5, 5.41) is 2.28. The highest BCUT2D eigenvalue weighted by atomic mass is 79.9. The van der Waals surface area contributed by atoms with E-state index in [1.807, 2.05) is 0 Å². The Labute approximate surface area is 116 Å². The number of carbonyl (C=O) groups is 1. The predicted octanol–water partition coefficient (Wildman–Crippen LogP) is 3.08. The Hall–Kier alpha value is -1.89. The average Bonchev–Trinajstić information content (AvgIpc) is 2.37. The minimum absolute atomic E-state index is 0.105. The van der Waals surface area contributed by atoms with Gasteiger partial charge in [-0.25, -0.2) is 18.7 Å². The maximum atomic E-state index is 13.7. The zero-order chi connectivity index (χ0) is 14.0. The van der Waals surface area contributed by atoms with Crippen LogP contribution in [-0.2, 0) is 0 Å². The van der Waals surface area contributed by atoms with Crippen molar-refractivity contribution in [3.8, 4) is 0 Å². The fourth-order valence-corrected chi connectivity index (χ4v) is 1.63. The van der Waals surface area contributed by atoms with Crippen LogP contribution < -0.4 is 5.32 Å². The summed E-state index contributed by atoms with van der Waals surface area (Å²) < 4.78 is 27.7. The molecule has 4 nitrogen and oxygen atoms in total. The molecule has 1 heterocycles. The van der Waals surface area contributed by atoms with Crippen molar-refractivity contribution in [2.24, 2.45) is 0 Å². The Balaban J connectivity index is 2.30. The van der Waals surface area contributed by atoms with Crippen molar-refractivity contribution < 1.29 is 13.6 Å². The molecule has 0 saturated carbocycles. The van der Waals surface area contributed by atoms with Gasteiger partial charge in [-0.1, -0.05) is 6.07 Å². The molecule has 0 aliphatic heterocycles. The number of nitrogens with one attached hydrogen (secondary N) is 1. The zero-order valence-electron chi connectivity index (χ0n) is 9.75. The molecule has 0 atom stereocenters. The van der Waals surface area contributed by atoms with Crippen LogP contribution in [-0.4, -0.2) is 15.9 Å². The summed E-state index contributed by atoms with van der Waals surface area (Å²) in [6.45, 7) is 1.45. The molecule has 98 valence electrons. The van der Waals surface area contributed by atoms with Gasteiger partial charge < -0.3 is 5.32 Å². The molecule has 7 heteroatoms. The Morgan fingerprint density at radius 1 is 1.26 bits per heavy atom. The van der Waals surface area contributed by atoms with E-state index in [1.54, 1.807) is 0 Å². The number of carbonyl (C=O) groups excluding carboxylic acids is 1. The van der Waals surface area contributed by atoms with Gasteiger partial charge in [0.05, 0.1) is 12.4 Å². The molecule has 2 aromatic rings. The Kier molecular flexibility index (Phi) is 3.84. The topological polar surface area (TPSA) is 54.9 Å². The van der Waals surface area contributed by atoms with Gasteiger partial charge in [-0.05, 0) is 34.5 Å². The second-order valence-corrected chi connectivity index (χ2v) is 4.54. The summed E-state index contributed by atoms with van der Waals surface area (Å²) in [4.78, 5) is 19.5. The van der Waals surface area contributed by atoms with E-state index in [0.29, 0.717) is 4.60 Å². The number of nitrogens with zero attached hydrogens (tertiary/aromatic N) is 2.